The number of nitrogens with zero attached hydrogens (tertiary/aromatic N) is 1. The number of aromatic nitrogens is 1. The number of phenols is 1. The van der Waals surface area contributed by atoms with E-state index in [0.717, 1.165) is 11.1 Å². The number of carbonyl (C=O) groups excluding carboxylic acids is 1. The molecule has 0 radical (unpaired) electrons. The molecular weight excluding hydrogens is 312 g/mol. The van der Waals surface area contributed by atoms with E-state index < -0.39 is 0 Å². The van der Waals surface area contributed by atoms with Gasteiger partial charge in [-0.2, -0.15) is 0 Å². The fourth-order valence-electron chi connectivity index (χ4n) is 2.25. The van der Waals surface area contributed by atoms with Gasteiger partial charge >= 0.3 is 0 Å². The van der Waals surface area contributed by atoms with Gasteiger partial charge in [-0.05, 0) is 53.9 Å². The van der Waals surface area contributed by atoms with E-state index in [9.17, 15) is 9.90 Å². The molecule has 0 bridgehead atoms. The zero-order valence-electron chi connectivity index (χ0n) is 13.4. The molecule has 0 atom stereocenters. The molecule has 0 saturated heterocycles. The molecule has 4 nitrogen and oxygen atoms in total. The maximum atomic E-state index is 12.1. The van der Waals surface area contributed by atoms with Crippen LogP contribution in [-0.4, -0.2) is 16.0 Å². The molecule has 0 fully saturated rings. The van der Waals surface area contributed by atoms with Gasteiger partial charge in [-0.25, -0.2) is 4.98 Å². The molecule has 0 saturated carbocycles. The Bertz CT molecular complexity index is 923. The van der Waals surface area contributed by atoms with E-state index >= 15 is 0 Å². The van der Waals surface area contributed by atoms with Crippen LogP contribution in [0.3, 0.4) is 0 Å². The van der Waals surface area contributed by atoms with Gasteiger partial charge in [0.25, 0.3) is 0 Å². The van der Waals surface area contributed by atoms with Gasteiger partial charge in [-0.15, -0.1) is 0 Å². The summed E-state index contributed by atoms with van der Waals surface area (Å²) < 4.78 is 0. The van der Waals surface area contributed by atoms with Crippen LogP contribution in [0.2, 0.25) is 0 Å². The molecule has 0 aliphatic carbocycles. The Hall–Kier alpha value is -3.58. The Kier molecular flexibility index (Phi) is 5.08. The van der Waals surface area contributed by atoms with Gasteiger partial charge in [-0.3, -0.25) is 4.79 Å². The molecule has 3 rings (SSSR count). The largest absolute Gasteiger partial charge is 0.508 e. The van der Waals surface area contributed by atoms with Gasteiger partial charge < -0.3 is 10.4 Å². The number of anilines is 1. The second-order valence-corrected chi connectivity index (χ2v) is 5.44. The maximum Gasteiger partial charge on any atom is 0.228 e. The first kappa shape index (κ1) is 16.3. The summed E-state index contributed by atoms with van der Waals surface area (Å²) in [4.78, 5) is 16.3. The van der Waals surface area contributed by atoms with E-state index in [1.54, 1.807) is 30.5 Å². The minimum Gasteiger partial charge on any atom is -0.508 e. The van der Waals surface area contributed by atoms with Crippen LogP contribution in [0, 0.1) is 11.8 Å². The van der Waals surface area contributed by atoms with Crippen molar-refractivity contribution in [2.45, 2.75) is 6.42 Å². The van der Waals surface area contributed by atoms with Crippen molar-refractivity contribution in [3.63, 3.8) is 0 Å². The first-order valence-electron chi connectivity index (χ1n) is 7.80. The number of amides is 1. The highest BCUT2D eigenvalue weighted by Gasteiger charge is 2.04. The third kappa shape index (κ3) is 4.95. The van der Waals surface area contributed by atoms with E-state index in [4.69, 9.17) is 0 Å². The highest BCUT2D eigenvalue weighted by molar-refractivity contribution is 5.92. The van der Waals surface area contributed by atoms with E-state index in [1.165, 1.54) is 0 Å². The molecule has 0 spiro atoms. The maximum absolute atomic E-state index is 12.1. The lowest BCUT2D eigenvalue weighted by Gasteiger charge is -2.06. The number of pyridine rings is 1. The predicted octanol–water partition coefficient (Wildman–Crippen LogP) is 3.37. The summed E-state index contributed by atoms with van der Waals surface area (Å²) in [5.41, 5.74) is 3.02. The molecule has 3 aromatic rings. The SMILES string of the molecule is O=C(Cc1ccc(O)cc1)Nc1cccc(C#Cc2ccccn2)c1. The summed E-state index contributed by atoms with van der Waals surface area (Å²) in [7, 11) is 0. The lowest BCUT2D eigenvalue weighted by Crippen LogP contribution is -2.14. The number of aromatic hydroxyl groups is 1. The van der Waals surface area contributed by atoms with Gasteiger partial charge in [-0.1, -0.05) is 30.2 Å². The van der Waals surface area contributed by atoms with E-state index in [0.29, 0.717) is 11.4 Å². The van der Waals surface area contributed by atoms with Crippen LogP contribution in [0.5, 0.6) is 5.75 Å². The van der Waals surface area contributed by atoms with Crippen LogP contribution in [0.1, 0.15) is 16.8 Å². The molecule has 1 aromatic heterocycles. The van der Waals surface area contributed by atoms with E-state index in [-0.39, 0.29) is 18.1 Å². The molecule has 122 valence electrons. The summed E-state index contributed by atoms with van der Waals surface area (Å²) >= 11 is 0. The Morgan fingerprint density at radius 2 is 1.84 bits per heavy atom. The second kappa shape index (κ2) is 7.80. The number of hydrogen-bond acceptors (Lipinski definition) is 3. The van der Waals surface area contributed by atoms with E-state index in [2.05, 4.69) is 22.1 Å². The molecule has 1 heterocycles. The smallest absolute Gasteiger partial charge is 0.228 e. The van der Waals surface area contributed by atoms with Crippen molar-refractivity contribution < 1.29 is 9.90 Å². The van der Waals surface area contributed by atoms with Crippen molar-refractivity contribution in [1.82, 2.24) is 4.98 Å². The van der Waals surface area contributed by atoms with Gasteiger partial charge in [0.1, 0.15) is 11.4 Å². The monoisotopic (exact) mass is 328 g/mol. The van der Waals surface area contributed by atoms with E-state index in [1.807, 2.05) is 42.5 Å². The second-order valence-electron chi connectivity index (χ2n) is 5.44. The molecular formula is C21H16N2O2. The van der Waals surface area contributed by atoms with Gasteiger partial charge in [0.2, 0.25) is 5.91 Å². The van der Waals surface area contributed by atoms with Crippen LogP contribution in [-0.2, 0) is 11.2 Å². The average Bonchev–Trinajstić information content (AvgIpc) is 2.63. The fourth-order valence-corrected chi connectivity index (χ4v) is 2.25. The zero-order chi connectivity index (χ0) is 17.5. The van der Waals surface area contributed by atoms with Crippen molar-refractivity contribution >= 4 is 11.6 Å². The third-order valence-electron chi connectivity index (χ3n) is 3.45. The highest BCUT2D eigenvalue weighted by Crippen LogP contribution is 2.13. The van der Waals surface area contributed by atoms with Crippen molar-refractivity contribution in [1.29, 1.82) is 0 Å². The number of hydrogen-bond donors (Lipinski definition) is 2. The van der Waals surface area contributed by atoms with Gasteiger partial charge in [0.05, 0.1) is 6.42 Å². The molecule has 4 heteroatoms. The number of benzene rings is 2. The first-order chi connectivity index (χ1) is 12.2. The molecule has 2 aromatic carbocycles. The summed E-state index contributed by atoms with van der Waals surface area (Å²) in [6, 6.07) is 19.5. The van der Waals surface area contributed by atoms with Gasteiger partial charge in [0.15, 0.2) is 0 Å². The molecule has 0 unspecified atom stereocenters. The highest BCUT2D eigenvalue weighted by atomic mass is 16.3. The normalized spacial score (nSPS) is 9.76. The standard InChI is InChI=1S/C21H16N2O2/c24-20-11-8-17(9-12-20)15-21(25)23-19-6-3-4-16(14-19)7-10-18-5-1-2-13-22-18/h1-6,8-9,11-14,24H,15H2,(H,23,25). The summed E-state index contributed by atoms with van der Waals surface area (Å²) in [6.45, 7) is 0. The number of nitrogens with one attached hydrogen (secondary N) is 1. The Morgan fingerprint density at radius 1 is 1.00 bits per heavy atom. The van der Waals surface area contributed by atoms with Crippen molar-refractivity contribution in [3.05, 3.63) is 89.7 Å². The zero-order valence-corrected chi connectivity index (χ0v) is 13.4. The minimum absolute atomic E-state index is 0.125. The van der Waals surface area contributed by atoms with Crippen LogP contribution in [0.4, 0.5) is 5.69 Å². The van der Waals surface area contributed by atoms with Crippen molar-refractivity contribution in [2.75, 3.05) is 5.32 Å². The van der Waals surface area contributed by atoms with Crippen LogP contribution in [0.25, 0.3) is 0 Å². The Balaban J connectivity index is 1.66. The predicted molar refractivity (Wildman–Crippen MR) is 97.1 cm³/mol. The lowest BCUT2D eigenvalue weighted by atomic mass is 10.1. The summed E-state index contributed by atoms with van der Waals surface area (Å²) in [5, 5.41) is 12.1. The first-order valence-corrected chi connectivity index (χ1v) is 7.80. The number of phenolic OH excluding ortho intramolecular Hbond substituents is 1. The Morgan fingerprint density at radius 3 is 2.60 bits per heavy atom. The summed E-state index contributed by atoms with van der Waals surface area (Å²) in [6.07, 6.45) is 1.94. The summed E-state index contributed by atoms with van der Waals surface area (Å²) in [5.74, 6) is 6.09. The third-order valence-corrected chi connectivity index (χ3v) is 3.45. The van der Waals surface area contributed by atoms with Gasteiger partial charge in [0, 0.05) is 17.4 Å². The Labute approximate surface area is 146 Å². The average molecular weight is 328 g/mol. The number of carbonyl (C=O) groups is 1. The molecule has 0 aliphatic heterocycles. The van der Waals surface area contributed by atoms with Crippen LogP contribution in [0.15, 0.2) is 72.9 Å². The lowest BCUT2D eigenvalue weighted by molar-refractivity contribution is -0.115. The molecule has 25 heavy (non-hydrogen) atoms. The number of rotatable bonds is 3. The van der Waals surface area contributed by atoms with Crippen molar-refractivity contribution in [2.24, 2.45) is 0 Å². The van der Waals surface area contributed by atoms with Crippen LogP contribution < -0.4 is 5.32 Å². The molecule has 2 N–H and O–H groups in total. The fraction of sp³-hybridized carbons (Fsp3) is 0.0476. The quantitative estimate of drug-likeness (QED) is 0.725. The topological polar surface area (TPSA) is 62.2 Å². The van der Waals surface area contributed by atoms with Crippen LogP contribution >= 0.6 is 0 Å². The molecule has 1 amide bonds. The molecule has 0 aliphatic rings. The van der Waals surface area contributed by atoms with Crippen molar-refractivity contribution in [3.8, 4) is 17.6 Å². The minimum atomic E-state index is -0.125.